The standard InChI is InChI=1S/C29H26F3NO3S/c1-18-16-33(17-18)14-13-19-3-9-22(10-4-19)36-27-24-12-11-23(35-2)15-25(24)37-28(27)26(34)20-5-7-21(8-6-20)29(30,31)32/h3-12,15,18H,13-14,16-17H2,1-2H3. The highest BCUT2D eigenvalue weighted by molar-refractivity contribution is 7.21. The lowest BCUT2D eigenvalue weighted by molar-refractivity contribution is -0.137. The molecule has 1 aliphatic heterocycles. The van der Waals surface area contributed by atoms with E-state index < -0.39 is 17.5 Å². The predicted molar refractivity (Wildman–Crippen MR) is 139 cm³/mol. The van der Waals surface area contributed by atoms with E-state index in [0.717, 1.165) is 54.2 Å². The van der Waals surface area contributed by atoms with Gasteiger partial charge in [0.05, 0.1) is 12.7 Å². The molecule has 0 amide bonds. The van der Waals surface area contributed by atoms with Crippen molar-refractivity contribution in [2.75, 3.05) is 26.7 Å². The molecule has 1 aromatic heterocycles. The van der Waals surface area contributed by atoms with Crippen molar-refractivity contribution in [3.63, 3.8) is 0 Å². The van der Waals surface area contributed by atoms with E-state index in [2.05, 4.69) is 11.8 Å². The fourth-order valence-electron chi connectivity index (χ4n) is 4.51. The van der Waals surface area contributed by atoms with Gasteiger partial charge in [0.1, 0.15) is 16.4 Å². The van der Waals surface area contributed by atoms with Gasteiger partial charge in [-0.1, -0.05) is 31.2 Å². The molecule has 0 bridgehead atoms. The maximum atomic E-state index is 13.4. The van der Waals surface area contributed by atoms with Gasteiger partial charge in [0.25, 0.3) is 0 Å². The van der Waals surface area contributed by atoms with Gasteiger partial charge in [0.2, 0.25) is 5.78 Å². The van der Waals surface area contributed by atoms with Crippen molar-refractivity contribution in [3.05, 3.63) is 88.3 Å². The van der Waals surface area contributed by atoms with E-state index in [0.29, 0.717) is 22.1 Å². The van der Waals surface area contributed by atoms with Crippen molar-refractivity contribution in [1.82, 2.24) is 4.90 Å². The quantitative estimate of drug-likeness (QED) is 0.224. The lowest BCUT2D eigenvalue weighted by Crippen LogP contribution is -2.45. The minimum Gasteiger partial charge on any atom is -0.497 e. The van der Waals surface area contributed by atoms with Crippen LogP contribution in [0.25, 0.3) is 10.1 Å². The van der Waals surface area contributed by atoms with Gasteiger partial charge in [0, 0.05) is 35.3 Å². The number of hydrogen-bond donors (Lipinski definition) is 0. The molecule has 2 heterocycles. The summed E-state index contributed by atoms with van der Waals surface area (Å²) in [7, 11) is 1.56. The van der Waals surface area contributed by atoms with Gasteiger partial charge in [-0.3, -0.25) is 4.79 Å². The average molecular weight is 526 g/mol. The van der Waals surface area contributed by atoms with Crippen molar-refractivity contribution < 1.29 is 27.4 Å². The van der Waals surface area contributed by atoms with Crippen LogP contribution in [0.5, 0.6) is 17.2 Å². The Labute approximate surface area is 217 Å². The number of hydrogen-bond acceptors (Lipinski definition) is 5. The molecular weight excluding hydrogens is 499 g/mol. The molecule has 37 heavy (non-hydrogen) atoms. The van der Waals surface area contributed by atoms with Crippen LogP contribution in [0, 0.1) is 5.92 Å². The van der Waals surface area contributed by atoms with E-state index >= 15 is 0 Å². The van der Waals surface area contributed by atoms with E-state index in [-0.39, 0.29) is 5.56 Å². The van der Waals surface area contributed by atoms with Crippen LogP contribution in [0.4, 0.5) is 13.2 Å². The van der Waals surface area contributed by atoms with Crippen LogP contribution in [-0.2, 0) is 12.6 Å². The van der Waals surface area contributed by atoms with Gasteiger partial charge in [0.15, 0.2) is 5.75 Å². The fraction of sp³-hybridized carbons (Fsp3) is 0.276. The van der Waals surface area contributed by atoms with Gasteiger partial charge in [-0.2, -0.15) is 13.2 Å². The minimum atomic E-state index is -4.47. The van der Waals surface area contributed by atoms with Gasteiger partial charge >= 0.3 is 6.18 Å². The zero-order chi connectivity index (χ0) is 26.2. The zero-order valence-corrected chi connectivity index (χ0v) is 21.3. The Bertz CT molecular complexity index is 1410. The van der Waals surface area contributed by atoms with Crippen molar-refractivity contribution >= 4 is 27.2 Å². The zero-order valence-electron chi connectivity index (χ0n) is 20.5. The Morgan fingerprint density at radius 1 is 1.00 bits per heavy atom. The minimum absolute atomic E-state index is 0.159. The summed E-state index contributed by atoms with van der Waals surface area (Å²) < 4.78 is 51.3. The summed E-state index contributed by atoms with van der Waals surface area (Å²) in [5, 5.41) is 0.733. The smallest absolute Gasteiger partial charge is 0.416 e. The predicted octanol–water partition coefficient (Wildman–Crippen LogP) is 7.45. The number of carbonyl (C=O) groups is 1. The van der Waals surface area contributed by atoms with Gasteiger partial charge in [-0.25, -0.2) is 0 Å². The molecule has 1 saturated heterocycles. The molecular formula is C29H26F3NO3S. The van der Waals surface area contributed by atoms with E-state index in [4.69, 9.17) is 9.47 Å². The first-order valence-electron chi connectivity index (χ1n) is 12.0. The number of likely N-dealkylation sites (tertiary alicyclic amines) is 1. The average Bonchev–Trinajstić information content (AvgIpc) is 3.23. The van der Waals surface area contributed by atoms with Gasteiger partial charge in [-0.15, -0.1) is 11.3 Å². The van der Waals surface area contributed by atoms with Crippen molar-refractivity contribution in [2.45, 2.75) is 19.5 Å². The SMILES string of the molecule is COc1ccc2c(Oc3ccc(CCN4CC(C)C4)cc3)c(C(=O)c3ccc(C(F)(F)F)cc3)sc2c1. The number of rotatable bonds is 8. The van der Waals surface area contributed by atoms with Crippen molar-refractivity contribution in [2.24, 2.45) is 5.92 Å². The number of ketones is 1. The number of methoxy groups -OCH3 is 1. The molecule has 1 aliphatic rings. The summed E-state index contributed by atoms with van der Waals surface area (Å²) in [6, 6.07) is 17.5. The number of carbonyl (C=O) groups excluding carboxylic acids is 1. The number of nitrogens with zero attached hydrogens (tertiary/aromatic N) is 1. The largest absolute Gasteiger partial charge is 0.497 e. The van der Waals surface area contributed by atoms with E-state index in [9.17, 15) is 18.0 Å². The van der Waals surface area contributed by atoms with Crippen LogP contribution in [-0.4, -0.2) is 37.4 Å². The third-order valence-corrected chi connectivity index (χ3v) is 7.66. The molecule has 192 valence electrons. The summed E-state index contributed by atoms with van der Waals surface area (Å²) in [5.74, 6) is 1.97. The Balaban J connectivity index is 1.42. The Morgan fingerprint density at radius 3 is 2.30 bits per heavy atom. The highest BCUT2D eigenvalue weighted by Crippen LogP contribution is 2.43. The lowest BCUT2D eigenvalue weighted by Gasteiger charge is -2.37. The monoisotopic (exact) mass is 525 g/mol. The molecule has 8 heteroatoms. The molecule has 0 atom stereocenters. The van der Waals surface area contributed by atoms with Gasteiger partial charge < -0.3 is 14.4 Å². The molecule has 0 radical (unpaired) electrons. The summed E-state index contributed by atoms with van der Waals surface area (Å²) in [6.45, 7) is 5.57. The summed E-state index contributed by atoms with van der Waals surface area (Å²) >= 11 is 1.23. The molecule has 0 unspecified atom stereocenters. The Morgan fingerprint density at radius 2 is 1.68 bits per heavy atom. The van der Waals surface area contributed by atoms with Crippen LogP contribution >= 0.6 is 11.3 Å². The summed E-state index contributed by atoms with van der Waals surface area (Å²) in [6.07, 6.45) is -3.52. The topological polar surface area (TPSA) is 38.8 Å². The molecule has 0 spiro atoms. The second-order valence-electron chi connectivity index (χ2n) is 9.39. The maximum absolute atomic E-state index is 13.4. The lowest BCUT2D eigenvalue weighted by atomic mass is 10.0. The van der Waals surface area contributed by atoms with Crippen LogP contribution in [0.2, 0.25) is 0 Å². The molecule has 1 fully saturated rings. The van der Waals surface area contributed by atoms with E-state index in [1.807, 2.05) is 36.4 Å². The molecule has 0 N–H and O–H groups in total. The summed E-state index contributed by atoms with van der Waals surface area (Å²) in [5.41, 5.74) is 0.560. The Hall–Kier alpha value is -3.36. The normalized spacial score (nSPS) is 14.5. The number of halogens is 3. The first-order valence-corrected chi connectivity index (χ1v) is 12.8. The van der Waals surface area contributed by atoms with Crippen LogP contribution in [0.1, 0.15) is 33.3 Å². The first-order chi connectivity index (χ1) is 17.7. The molecule has 5 rings (SSSR count). The number of thiophene rings is 1. The number of benzene rings is 3. The second kappa shape index (κ2) is 10.2. The number of ether oxygens (including phenoxy) is 2. The van der Waals surface area contributed by atoms with E-state index in [1.165, 1.54) is 29.0 Å². The van der Waals surface area contributed by atoms with Gasteiger partial charge in [-0.05, 0) is 60.4 Å². The third-order valence-electron chi connectivity index (χ3n) is 6.53. The summed E-state index contributed by atoms with van der Waals surface area (Å²) in [4.78, 5) is 16.2. The Kier molecular flexibility index (Phi) is 6.96. The van der Waals surface area contributed by atoms with E-state index in [1.54, 1.807) is 13.2 Å². The van der Waals surface area contributed by atoms with Crippen molar-refractivity contribution in [3.8, 4) is 17.2 Å². The highest BCUT2D eigenvalue weighted by atomic mass is 32.1. The second-order valence-corrected chi connectivity index (χ2v) is 10.4. The maximum Gasteiger partial charge on any atom is 0.416 e. The first kappa shape index (κ1) is 25.3. The molecule has 0 saturated carbocycles. The number of alkyl halides is 3. The fourth-order valence-corrected chi connectivity index (χ4v) is 5.63. The third kappa shape index (κ3) is 5.50. The van der Waals surface area contributed by atoms with Crippen LogP contribution in [0.3, 0.4) is 0 Å². The van der Waals surface area contributed by atoms with Crippen molar-refractivity contribution in [1.29, 1.82) is 0 Å². The van der Waals surface area contributed by atoms with Crippen LogP contribution < -0.4 is 9.47 Å². The van der Waals surface area contributed by atoms with Crippen LogP contribution in [0.15, 0.2) is 66.7 Å². The molecule has 4 aromatic rings. The number of fused-ring (bicyclic) bond motifs is 1. The molecule has 3 aromatic carbocycles. The highest BCUT2D eigenvalue weighted by Gasteiger charge is 2.31. The molecule has 4 nitrogen and oxygen atoms in total. The molecule has 0 aliphatic carbocycles.